The van der Waals surface area contributed by atoms with Crippen LogP contribution in [0.3, 0.4) is 0 Å². The smallest absolute Gasteiger partial charge is 0.198 e. The summed E-state index contributed by atoms with van der Waals surface area (Å²) < 4.78 is 2.29. The summed E-state index contributed by atoms with van der Waals surface area (Å²) in [5.74, 6) is 2.48. The van der Waals surface area contributed by atoms with Gasteiger partial charge in [-0.25, -0.2) is 0 Å². The third-order valence-corrected chi connectivity index (χ3v) is 8.51. The minimum absolute atomic E-state index is 0.213. The lowest BCUT2D eigenvalue weighted by Gasteiger charge is -2.52. The first-order chi connectivity index (χ1) is 14.8. The molecule has 0 radical (unpaired) electrons. The molecule has 1 aromatic heterocycles. The van der Waals surface area contributed by atoms with E-state index in [1.807, 2.05) is 0 Å². The first kappa shape index (κ1) is 23.0. The standard InChI is InChI=1S/C26H44N4O/c1-20(2)24-17-27-30(19-24)18-22-5-9-28(10-6-22)13-14-29-11-7-26(8-12-29)15-23(16-26)25(31)21(3)4/h17,19-23H,5-16,18H2,1-4H3/p+1. The molecule has 1 saturated carbocycles. The van der Waals surface area contributed by atoms with E-state index in [1.54, 1.807) is 0 Å². The SMILES string of the molecule is CC(C)C(=O)C1CC2(CCN(CCN3CCC(C[n+]4cc(C(C)C)c[nH]4)CC3)CC2)C1. The molecule has 1 aromatic rings. The fraction of sp³-hybridized carbons (Fsp3) is 0.846. The molecule has 1 spiro atoms. The normalized spacial score (nSPS) is 23.7. The molecule has 0 amide bonds. The Bertz CT molecular complexity index is 716. The first-order valence-electron chi connectivity index (χ1n) is 12.9. The highest BCUT2D eigenvalue weighted by Crippen LogP contribution is 2.53. The van der Waals surface area contributed by atoms with Crippen LogP contribution in [0.4, 0.5) is 0 Å². The summed E-state index contributed by atoms with van der Waals surface area (Å²) in [7, 11) is 0. The summed E-state index contributed by atoms with van der Waals surface area (Å²) in [5, 5.41) is 3.42. The lowest BCUT2D eigenvalue weighted by Crippen LogP contribution is -2.51. The van der Waals surface area contributed by atoms with E-state index in [2.05, 4.69) is 59.7 Å². The third-order valence-electron chi connectivity index (χ3n) is 8.51. The quantitative estimate of drug-likeness (QED) is 0.638. The number of hydrogen-bond acceptors (Lipinski definition) is 3. The average molecular weight is 430 g/mol. The molecular formula is C26H45N4O+. The van der Waals surface area contributed by atoms with E-state index in [1.165, 1.54) is 83.4 Å². The van der Waals surface area contributed by atoms with Crippen LogP contribution in [0.1, 0.15) is 77.7 Å². The summed E-state index contributed by atoms with van der Waals surface area (Å²) in [5.41, 5.74) is 1.92. The summed E-state index contributed by atoms with van der Waals surface area (Å²) in [6, 6.07) is 0. The Balaban J connectivity index is 1.11. The largest absolute Gasteiger partial charge is 0.302 e. The van der Waals surface area contributed by atoms with Crippen molar-refractivity contribution in [1.82, 2.24) is 14.9 Å². The topological polar surface area (TPSA) is 43.2 Å². The van der Waals surface area contributed by atoms with Crippen molar-refractivity contribution in [2.45, 2.75) is 78.7 Å². The van der Waals surface area contributed by atoms with Gasteiger partial charge in [-0.1, -0.05) is 27.7 Å². The van der Waals surface area contributed by atoms with Gasteiger partial charge in [-0.15, -0.1) is 4.68 Å². The lowest BCUT2D eigenvalue weighted by atomic mass is 9.56. The molecule has 3 fully saturated rings. The summed E-state index contributed by atoms with van der Waals surface area (Å²) >= 11 is 0. The molecule has 174 valence electrons. The molecule has 5 heteroatoms. The summed E-state index contributed by atoms with van der Waals surface area (Å²) in [6.45, 7) is 17.2. The minimum Gasteiger partial charge on any atom is -0.302 e. The van der Waals surface area contributed by atoms with Crippen molar-refractivity contribution in [3.05, 3.63) is 18.0 Å². The number of nitrogens with one attached hydrogen (secondary N) is 1. The van der Waals surface area contributed by atoms with Crippen LogP contribution in [0.15, 0.2) is 12.4 Å². The zero-order chi connectivity index (χ0) is 22.0. The van der Waals surface area contributed by atoms with E-state index in [0.717, 1.165) is 12.5 Å². The Morgan fingerprint density at radius 3 is 2.23 bits per heavy atom. The van der Waals surface area contributed by atoms with Crippen LogP contribution in [-0.2, 0) is 11.3 Å². The second-order valence-electron chi connectivity index (χ2n) is 11.5. The molecular weight excluding hydrogens is 384 g/mol. The average Bonchev–Trinajstić information content (AvgIpc) is 3.20. The van der Waals surface area contributed by atoms with Crippen molar-refractivity contribution in [2.24, 2.45) is 23.2 Å². The number of piperidine rings is 2. The number of rotatable bonds is 8. The number of aromatic amines is 1. The minimum atomic E-state index is 0.213. The summed E-state index contributed by atoms with van der Waals surface area (Å²) in [4.78, 5) is 17.6. The number of nitrogens with zero attached hydrogens (tertiary/aromatic N) is 3. The molecule has 2 saturated heterocycles. The van der Waals surface area contributed by atoms with Crippen molar-refractivity contribution in [2.75, 3.05) is 39.3 Å². The van der Waals surface area contributed by atoms with Gasteiger partial charge < -0.3 is 9.80 Å². The van der Waals surface area contributed by atoms with Crippen molar-refractivity contribution in [3.63, 3.8) is 0 Å². The molecule has 3 aliphatic rings. The van der Waals surface area contributed by atoms with Gasteiger partial charge >= 0.3 is 0 Å². The number of aromatic nitrogens is 2. The number of likely N-dealkylation sites (tertiary alicyclic amines) is 2. The predicted molar refractivity (Wildman–Crippen MR) is 125 cm³/mol. The fourth-order valence-corrected chi connectivity index (χ4v) is 6.10. The van der Waals surface area contributed by atoms with Crippen LogP contribution >= 0.6 is 0 Å². The second kappa shape index (κ2) is 9.74. The van der Waals surface area contributed by atoms with E-state index in [9.17, 15) is 4.79 Å². The number of hydrogen-bond donors (Lipinski definition) is 1. The van der Waals surface area contributed by atoms with Gasteiger partial charge in [0.1, 0.15) is 5.78 Å². The van der Waals surface area contributed by atoms with Gasteiger partial charge in [0.25, 0.3) is 0 Å². The van der Waals surface area contributed by atoms with E-state index in [4.69, 9.17) is 0 Å². The van der Waals surface area contributed by atoms with Gasteiger partial charge in [0.05, 0.1) is 6.20 Å². The molecule has 1 aliphatic carbocycles. The van der Waals surface area contributed by atoms with Crippen molar-refractivity contribution < 1.29 is 9.48 Å². The van der Waals surface area contributed by atoms with Crippen LogP contribution in [0.2, 0.25) is 0 Å². The predicted octanol–water partition coefficient (Wildman–Crippen LogP) is 3.85. The van der Waals surface area contributed by atoms with E-state index in [0.29, 0.717) is 23.0 Å². The Kier molecular flexibility index (Phi) is 7.22. The highest BCUT2D eigenvalue weighted by molar-refractivity contribution is 5.83. The van der Waals surface area contributed by atoms with Crippen LogP contribution in [0.5, 0.6) is 0 Å². The maximum absolute atomic E-state index is 12.2. The Morgan fingerprint density at radius 1 is 1.06 bits per heavy atom. The molecule has 31 heavy (non-hydrogen) atoms. The lowest BCUT2D eigenvalue weighted by molar-refractivity contribution is -0.756. The van der Waals surface area contributed by atoms with Crippen molar-refractivity contribution in [3.8, 4) is 0 Å². The molecule has 1 N–H and O–H groups in total. The number of carbonyl (C=O) groups is 1. The molecule has 4 rings (SSSR count). The zero-order valence-corrected chi connectivity index (χ0v) is 20.4. The Hall–Kier alpha value is -1.20. The molecule has 0 atom stereocenters. The zero-order valence-electron chi connectivity index (χ0n) is 20.4. The number of ketones is 1. The summed E-state index contributed by atoms with van der Waals surface area (Å²) in [6.07, 6.45) is 12.0. The molecule has 0 bridgehead atoms. The molecule has 2 aliphatic heterocycles. The van der Waals surface area contributed by atoms with Gasteiger partial charge in [-0.05, 0) is 76.0 Å². The van der Waals surface area contributed by atoms with E-state index >= 15 is 0 Å². The molecule has 0 unspecified atom stereocenters. The van der Waals surface area contributed by atoms with E-state index < -0.39 is 0 Å². The maximum Gasteiger partial charge on any atom is 0.198 e. The highest BCUT2D eigenvalue weighted by Gasteiger charge is 2.48. The van der Waals surface area contributed by atoms with Crippen molar-refractivity contribution >= 4 is 5.78 Å². The van der Waals surface area contributed by atoms with Crippen LogP contribution in [-0.4, -0.2) is 60.0 Å². The van der Waals surface area contributed by atoms with Crippen LogP contribution in [0.25, 0.3) is 0 Å². The molecule has 5 nitrogen and oxygen atoms in total. The highest BCUT2D eigenvalue weighted by atomic mass is 16.1. The Morgan fingerprint density at radius 2 is 1.68 bits per heavy atom. The van der Waals surface area contributed by atoms with Crippen LogP contribution in [0, 0.1) is 23.2 Å². The van der Waals surface area contributed by atoms with Gasteiger partial charge in [-0.3, -0.25) is 4.79 Å². The number of Topliss-reactive ketones (excluding diaryl/α,β-unsaturated/α-hetero) is 1. The monoisotopic (exact) mass is 429 g/mol. The van der Waals surface area contributed by atoms with Gasteiger partial charge in [0, 0.05) is 36.4 Å². The maximum atomic E-state index is 12.2. The fourth-order valence-electron chi connectivity index (χ4n) is 6.10. The number of carbonyl (C=O) groups excluding carboxylic acids is 1. The number of H-pyrrole nitrogens is 1. The van der Waals surface area contributed by atoms with E-state index in [-0.39, 0.29) is 5.92 Å². The van der Waals surface area contributed by atoms with Gasteiger partial charge in [0.2, 0.25) is 0 Å². The first-order valence-corrected chi connectivity index (χ1v) is 12.9. The molecule has 0 aromatic carbocycles. The third kappa shape index (κ3) is 5.60. The second-order valence-corrected chi connectivity index (χ2v) is 11.5. The van der Waals surface area contributed by atoms with Crippen molar-refractivity contribution in [1.29, 1.82) is 0 Å². The van der Waals surface area contributed by atoms with Crippen LogP contribution < -0.4 is 4.68 Å². The molecule has 3 heterocycles. The Labute approximate surface area is 189 Å². The van der Waals surface area contributed by atoms with Gasteiger partial charge in [-0.2, -0.15) is 5.10 Å². The van der Waals surface area contributed by atoms with Gasteiger partial charge in [0.15, 0.2) is 12.7 Å².